The van der Waals surface area contributed by atoms with E-state index < -0.39 is 0 Å². The van der Waals surface area contributed by atoms with Crippen LogP contribution in [0, 0.1) is 5.82 Å². The van der Waals surface area contributed by atoms with E-state index in [-0.39, 0.29) is 35.8 Å². The average molecular weight is 489 g/mol. The van der Waals surface area contributed by atoms with Crippen LogP contribution in [0.25, 0.3) is 0 Å². The van der Waals surface area contributed by atoms with E-state index in [0.717, 1.165) is 24.3 Å². The number of guanidine groups is 1. The Morgan fingerprint density at radius 2 is 1.96 bits per heavy atom. The first-order valence-corrected chi connectivity index (χ1v) is 8.67. The van der Waals surface area contributed by atoms with Crippen LogP contribution in [-0.4, -0.2) is 55.9 Å². The molecule has 148 valence electrons. The fourth-order valence-electron chi connectivity index (χ4n) is 2.95. The van der Waals surface area contributed by atoms with Crippen LogP contribution < -0.4 is 10.6 Å². The highest BCUT2D eigenvalue weighted by Gasteiger charge is 2.23. The molecular formula is C18H25FIN5O2. The number of aromatic nitrogens is 1. The van der Waals surface area contributed by atoms with Gasteiger partial charge in [0.1, 0.15) is 17.8 Å². The smallest absolute Gasteiger partial charge is 0.191 e. The van der Waals surface area contributed by atoms with Gasteiger partial charge in [-0.2, -0.15) is 0 Å². The summed E-state index contributed by atoms with van der Waals surface area (Å²) in [6, 6.07) is 8.58. The predicted octanol–water partition coefficient (Wildman–Crippen LogP) is 2.17. The van der Waals surface area contributed by atoms with Crippen LogP contribution in [0.1, 0.15) is 17.3 Å². The fourth-order valence-corrected chi connectivity index (χ4v) is 2.95. The van der Waals surface area contributed by atoms with Gasteiger partial charge in [-0.1, -0.05) is 17.3 Å². The SMILES string of the molecule is CN=C(NCc1ccon1)NCC(c1ccc(F)cc1)N1CCOCC1.I. The van der Waals surface area contributed by atoms with Crippen molar-refractivity contribution in [2.24, 2.45) is 4.99 Å². The molecule has 0 amide bonds. The zero-order chi connectivity index (χ0) is 18.2. The number of hydrogen-bond donors (Lipinski definition) is 2. The molecule has 2 N–H and O–H groups in total. The van der Waals surface area contributed by atoms with E-state index >= 15 is 0 Å². The van der Waals surface area contributed by atoms with Crippen molar-refractivity contribution in [3.05, 3.63) is 53.7 Å². The Morgan fingerprint density at radius 1 is 1.22 bits per heavy atom. The molecule has 0 spiro atoms. The molecule has 1 atom stereocenters. The van der Waals surface area contributed by atoms with Gasteiger partial charge in [0.05, 0.1) is 25.8 Å². The molecular weight excluding hydrogens is 464 g/mol. The average Bonchev–Trinajstić information content (AvgIpc) is 3.20. The third-order valence-corrected chi connectivity index (χ3v) is 4.36. The Labute approximate surface area is 175 Å². The summed E-state index contributed by atoms with van der Waals surface area (Å²) in [5.74, 6) is 0.445. The minimum atomic E-state index is -0.229. The van der Waals surface area contributed by atoms with Crippen molar-refractivity contribution in [2.45, 2.75) is 12.6 Å². The van der Waals surface area contributed by atoms with E-state index in [9.17, 15) is 4.39 Å². The van der Waals surface area contributed by atoms with Gasteiger partial charge in [-0.3, -0.25) is 9.89 Å². The molecule has 2 aromatic rings. The summed E-state index contributed by atoms with van der Waals surface area (Å²) in [5, 5.41) is 10.4. The second-order valence-corrected chi connectivity index (χ2v) is 6.01. The number of hydrogen-bond acceptors (Lipinski definition) is 5. The summed E-state index contributed by atoms with van der Waals surface area (Å²) in [6.45, 7) is 4.26. The van der Waals surface area contributed by atoms with E-state index in [1.807, 2.05) is 12.1 Å². The van der Waals surface area contributed by atoms with Crippen LogP contribution in [0.4, 0.5) is 4.39 Å². The Bertz CT molecular complexity index is 690. The number of rotatable bonds is 6. The van der Waals surface area contributed by atoms with Crippen molar-refractivity contribution < 1.29 is 13.7 Å². The highest BCUT2D eigenvalue weighted by Crippen LogP contribution is 2.21. The fraction of sp³-hybridized carbons (Fsp3) is 0.444. The van der Waals surface area contributed by atoms with Crippen LogP contribution in [-0.2, 0) is 11.3 Å². The van der Waals surface area contributed by atoms with Crippen molar-refractivity contribution in [3.63, 3.8) is 0 Å². The van der Waals surface area contributed by atoms with Crippen molar-refractivity contribution in [1.82, 2.24) is 20.7 Å². The number of benzene rings is 1. The lowest BCUT2D eigenvalue weighted by Crippen LogP contribution is -2.46. The molecule has 1 unspecified atom stereocenters. The van der Waals surface area contributed by atoms with E-state index in [1.165, 1.54) is 18.4 Å². The molecule has 27 heavy (non-hydrogen) atoms. The second-order valence-electron chi connectivity index (χ2n) is 6.01. The Balaban J connectivity index is 0.00000261. The topological polar surface area (TPSA) is 74.9 Å². The number of nitrogens with one attached hydrogen (secondary N) is 2. The van der Waals surface area contributed by atoms with Gasteiger partial charge in [-0.05, 0) is 17.7 Å². The van der Waals surface area contributed by atoms with Crippen molar-refractivity contribution in [2.75, 3.05) is 39.9 Å². The molecule has 3 rings (SSSR count). The molecule has 9 heteroatoms. The molecule has 0 aliphatic carbocycles. The normalized spacial score (nSPS) is 16.4. The van der Waals surface area contributed by atoms with Crippen molar-refractivity contribution in [1.29, 1.82) is 0 Å². The first kappa shape index (κ1) is 21.6. The van der Waals surface area contributed by atoms with Gasteiger partial charge in [-0.15, -0.1) is 24.0 Å². The lowest BCUT2D eigenvalue weighted by molar-refractivity contribution is 0.0170. The van der Waals surface area contributed by atoms with Crippen molar-refractivity contribution >= 4 is 29.9 Å². The third-order valence-electron chi connectivity index (χ3n) is 4.36. The van der Waals surface area contributed by atoms with Crippen LogP contribution in [0.5, 0.6) is 0 Å². The van der Waals surface area contributed by atoms with E-state index in [2.05, 4.69) is 25.7 Å². The quantitative estimate of drug-likeness (QED) is 0.368. The van der Waals surface area contributed by atoms with Crippen LogP contribution in [0.2, 0.25) is 0 Å². The van der Waals surface area contributed by atoms with Gasteiger partial charge in [0.2, 0.25) is 0 Å². The molecule has 0 bridgehead atoms. The molecule has 0 radical (unpaired) electrons. The van der Waals surface area contributed by atoms with Gasteiger partial charge < -0.3 is 19.9 Å². The molecule has 1 aliphatic rings. The number of aliphatic imine (C=N–C) groups is 1. The van der Waals surface area contributed by atoms with Gasteiger partial charge in [0.25, 0.3) is 0 Å². The highest BCUT2D eigenvalue weighted by molar-refractivity contribution is 14.0. The maximum absolute atomic E-state index is 13.3. The van der Waals surface area contributed by atoms with Crippen LogP contribution >= 0.6 is 24.0 Å². The summed E-state index contributed by atoms with van der Waals surface area (Å²) < 4.78 is 23.6. The predicted molar refractivity (Wildman–Crippen MR) is 112 cm³/mol. The highest BCUT2D eigenvalue weighted by atomic mass is 127. The molecule has 1 aromatic heterocycles. The number of nitrogens with zero attached hydrogens (tertiary/aromatic N) is 3. The van der Waals surface area contributed by atoms with Crippen LogP contribution in [0.15, 0.2) is 46.1 Å². The van der Waals surface area contributed by atoms with Gasteiger partial charge >= 0.3 is 0 Å². The second kappa shape index (κ2) is 11.2. The maximum Gasteiger partial charge on any atom is 0.191 e. The van der Waals surface area contributed by atoms with Crippen molar-refractivity contribution in [3.8, 4) is 0 Å². The number of ether oxygens (including phenoxy) is 1. The van der Waals surface area contributed by atoms with E-state index in [4.69, 9.17) is 9.26 Å². The molecule has 1 aromatic carbocycles. The largest absolute Gasteiger partial charge is 0.379 e. The summed E-state index contributed by atoms with van der Waals surface area (Å²) in [6.07, 6.45) is 1.54. The Kier molecular flexibility index (Phi) is 8.95. The number of morpholine rings is 1. The lowest BCUT2D eigenvalue weighted by Gasteiger charge is -2.35. The summed E-state index contributed by atoms with van der Waals surface area (Å²) >= 11 is 0. The molecule has 7 nitrogen and oxygen atoms in total. The summed E-state index contributed by atoms with van der Waals surface area (Å²) in [5.41, 5.74) is 1.86. The molecule has 0 saturated carbocycles. The molecule has 2 heterocycles. The first-order chi connectivity index (χ1) is 12.8. The van der Waals surface area contributed by atoms with Gasteiger partial charge in [0, 0.05) is 32.7 Å². The van der Waals surface area contributed by atoms with Crippen LogP contribution in [0.3, 0.4) is 0 Å². The minimum Gasteiger partial charge on any atom is -0.379 e. The van der Waals surface area contributed by atoms with E-state index in [1.54, 1.807) is 13.1 Å². The third kappa shape index (κ3) is 6.43. The van der Waals surface area contributed by atoms with Gasteiger partial charge in [0.15, 0.2) is 5.96 Å². The minimum absolute atomic E-state index is 0. The monoisotopic (exact) mass is 489 g/mol. The molecule has 1 fully saturated rings. The first-order valence-electron chi connectivity index (χ1n) is 8.67. The van der Waals surface area contributed by atoms with E-state index in [0.29, 0.717) is 32.3 Å². The Hall–Kier alpha value is -1.72. The summed E-state index contributed by atoms with van der Waals surface area (Å²) in [4.78, 5) is 6.59. The lowest BCUT2D eigenvalue weighted by atomic mass is 10.0. The standard InChI is InChI=1S/C18H24FN5O2.HI/c1-20-18(21-12-16-6-9-26-23-16)22-13-17(24-7-10-25-11-8-24)14-2-4-15(19)5-3-14;/h2-6,9,17H,7-8,10-13H2,1H3,(H2,20,21,22);1H. The molecule has 1 aliphatic heterocycles. The van der Waals surface area contributed by atoms with Gasteiger partial charge in [-0.25, -0.2) is 4.39 Å². The maximum atomic E-state index is 13.3. The summed E-state index contributed by atoms with van der Waals surface area (Å²) in [7, 11) is 1.72. The zero-order valence-corrected chi connectivity index (χ0v) is 17.6. The number of halogens is 2. The Morgan fingerprint density at radius 3 is 2.59 bits per heavy atom. The molecule has 1 saturated heterocycles. The zero-order valence-electron chi connectivity index (χ0n) is 15.2.